The van der Waals surface area contributed by atoms with Gasteiger partial charge in [0, 0.05) is 18.3 Å². The Labute approximate surface area is 117 Å². The summed E-state index contributed by atoms with van der Waals surface area (Å²) in [5, 5.41) is 2.92. The molecule has 1 heterocycles. The Bertz CT molecular complexity index is 380. The van der Waals surface area contributed by atoms with Crippen LogP contribution >= 0.6 is 15.9 Å². The van der Waals surface area contributed by atoms with Gasteiger partial charge in [0.2, 0.25) is 0 Å². The van der Waals surface area contributed by atoms with Crippen molar-refractivity contribution in [3.05, 3.63) is 28.5 Å². The van der Waals surface area contributed by atoms with Gasteiger partial charge in [0.05, 0.1) is 0 Å². The van der Waals surface area contributed by atoms with E-state index in [0.717, 1.165) is 26.1 Å². The number of hydrogen-bond donors (Lipinski definition) is 1. The lowest BCUT2D eigenvalue weighted by Gasteiger charge is -2.17. The maximum Gasteiger partial charge on any atom is 0.251 e. The molecule has 0 saturated heterocycles. The molecule has 0 spiro atoms. The SMILES string of the molecule is CCN(CC)CCCNC(=O)c1ccnc(Br)c1. The summed E-state index contributed by atoms with van der Waals surface area (Å²) in [4.78, 5) is 18.1. The number of carbonyl (C=O) groups excluding carboxylic acids is 1. The van der Waals surface area contributed by atoms with Gasteiger partial charge < -0.3 is 10.2 Å². The molecule has 0 saturated carbocycles. The highest BCUT2D eigenvalue weighted by atomic mass is 79.9. The Balaban J connectivity index is 2.29. The van der Waals surface area contributed by atoms with Gasteiger partial charge in [-0.25, -0.2) is 4.98 Å². The minimum absolute atomic E-state index is 0.0438. The third-order valence-electron chi connectivity index (χ3n) is 2.82. The first-order valence-corrected chi connectivity index (χ1v) is 7.08. The molecule has 0 unspecified atom stereocenters. The van der Waals surface area contributed by atoms with Crippen LogP contribution in [0.1, 0.15) is 30.6 Å². The molecule has 1 amide bonds. The van der Waals surface area contributed by atoms with Crippen molar-refractivity contribution >= 4 is 21.8 Å². The van der Waals surface area contributed by atoms with Gasteiger partial charge in [-0.05, 0) is 54.1 Å². The van der Waals surface area contributed by atoms with Crippen molar-refractivity contribution in [3.8, 4) is 0 Å². The minimum atomic E-state index is -0.0438. The summed E-state index contributed by atoms with van der Waals surface area (Å²) in [7, 11) is 0. The molecule has 1 aromatic heterocycles. The summed E-state index contributed by atoms with van der Waals surface area (Å²) in [6.45, 7) is 8.14. The average Bonchev–Trinajstić information content (AvgIpc) is 2.38. The van der Waals surface area contributed by atoms with Crippen molar-refractivity contribution in [1.82, 2.24) is 15.2 Å². The van der Waals surface area contributed by atoms with Gasteiger partial charge in [-0.3, -0.25) is 4.79 Å². The Hall–Kier alpha value is -0.940. The van der Waals surface area contributed by atoms with E-state index in [1.165, 1.54) is 0 Å². The van der Waals surface area contributed by atoms with Gasteiger partial charge in [0.25, 0.3) is 5.91 Å². The van der Waals surface area contributed by atoms with Crippen molar-refractivity contribution in [2.24, 2.45) is 0 Å². The zero-order valence-electron chi connectivity index (χ0n) is 10.9. The van der Waals surface area contributed by atoms with Crippen molar-refractivity contribution in [3.63, 3.8) is 0 Å². The molecule has 0 aliphatic carbocycles. The predicted molar refractivity (Wildman–Crippen MR) is 76.7 cm³/mol. The predicted octanol–water partition coefficient (Wildman–Crippen LogP) is 2.31. The van der Waals surface area contributed by atoms with Crippen molar-refractivity contribution in [2.75, 3.05) is 26.2 Å². The minimum Gasteiger partial charge on any atom is -0.352 e. The van der Waals surface area contributed by atoms with E-state index in [4.69, 9.17) is 0 Å². The number of nitrogens with one attached hydrogen (secondary N) is 1. The molecular weight excluding hydrogens is 294 g/mol. The number of nitrogens with zero attached hydrogens (tertiary/aromatic N) is 2. The number of aromatic nitrogens is 1. The Morgan fingerprint density at radius 1 is 1.44 bits per heavy atom. The second kappa shape index (κ2) is 8.21. The van der Waals surface area contributed by atoms with E-state index in [1.807, 2.05) is 0 Å². The third-order valence-corrected chi connectivity index (χ3v) is 3.25. The van der Waals surface area contributed by atoms with E-state index >= 15 is 0 Å². The number of pyridine rings is 1. The highest BCUT2D eigenvalue weighted by molar-refractivity contribution is 9.10. The lowest BCUT2D eigenvalue weighted by atomic mass is 10.2. The number of halogens is 1. The molecule has 1 aromatic rings. The van der Waals surface area contributed by atoms with Crippen LogP contribution in [-0.4, -0.2) is 42.0 Å². The Kier molecular flexibility index (Phi) is 6.90. The topological polar surface area (TPSA) is 45.2 Å². The third kappa shape index (κ3) is 5.14. The van der Waals surface area contributed by atoms with E-state index in [2.05, 4.69) is 45.0 Å². The van der Waals surface area contributed by atoms with Crippen LogP contribution in [0.2, 0.25) is 0 Å². The maximum absolute atomic E-state index is 11.8. The van der Waals surface area contributed by atoms with Gasteiger partial charge in [-0.1, -0.05) is 13.8 Å². The number of carbonyl (C=O) groups is 1. The maximum atomic E-state index is 11.8. The van der Waals surface area contributed by atoms with Crippen LogP contribution in [0.3, 0.4) is 0 Å². The molecule has 18 heavy (non-hydrogen) atoms. The number of rotatable bonds is 7. The van der Waals surface area contributed by atoms with E-state index in [1.54, 1.807) is 18.3 Å². The molecule has 4 nitrogen and oxygen atoms in total. The highest BCUT2D eigenvalue weighted by Gasteiger charge is 2.05. The van der Waals surface area contributed by atoms with Gasteiger partial charge in [0.1, 0.15) is 4.60 Å². The van der Waals surface area contributed by atoms with Crippen LogP contribution in [0.25, 0.3) is 0 Å². The van der Waals surface area contributed by atoms with Crippen molar-refractivity contribution in [2.45, 2.75) is 20.3 Å². The molecule has 0 fully saturated rings. The number of amides is 1. The van der Waals surface area contributed by atoms with Crippen LogP contribution < -0.4 is 5.32 Å². The summed E-state index contributed by atoms with van der Waals surface area (Å²) >= 11 is 3.25. The first-order valence-electron chi connectivity index (χ1n) is 6.29. The number of hydrogen-bond acceptors (Lipinski definition) is 3. The molecule has 0 aromatic carbocycles. The first-order chi connectivity index (χ1) is 8.67. The molecule has 1 N–H and O–H groups in total. The quantitative estimate of drug-likeness (QED) is 0.620. The van der Waals surface area contributed by atoms with Crippen molar-refractivity contribution < 1.29 is 4.79 Å². The molecule has 0 aliphatic rings. The van der Waals surface area contributed by atoms with Crippen LogP contribution in [0.4, 0.5) is 0 Å². The zero-order valence-corrected chi connectivity index (χ0v) is 12.5. The zero-order chi connectivity index (χ0) is 13.4. The van der Waals surface area contributed by atoms with E-state index in [9.17, 15) is 4.79 Å². The summed E-state index contributed by atoms with van der Waals surface area (Å²) in [5.74, 6) is -0.0438. The second-order valence-electron chi connectivity index (χ2n) is 4.00. The standard InChI is InChI=1S/C13H20BrN3O/c1-3-17(4-2)9-5-7-16-13(18)11-6-8-15-12(14)10-11/h6,8,10H,3-5,7,9H2,1-2H3,(H,16,18). The normalized spacial score (nSPS) is 10.7. The fraction of sp³-hybridized carbons (Fsp3) is 0.538. The van der Waals surface area contributed by atoms with Crippen LogP contribution in [-0.2, 0) is 0 Å². The first kappa shape index (κ1) is 15.1. The molecule has 5 heteroatoms. The summed E-state index contributed by atoms with van der Waals surface area (Å²) in [6.07, 6.45) is 2.59. The molecule has 1 rings (SSSR count). The summed E-state index contributed by atoms with van der Waals surface area (Å²) in [5.41, 5.74) is 0.639. The molecule has 0 atom stereocenters. The van der Waals surface area contributed by atoms with Gasteiger partial charge in [0.15, 0.2) is 0 Å². The largest absolute Gasteiger partial charge is 0.352 e. The van der Waals surface area contributed by atoms with Gasteiger partial charge in [-0.15, -0.1) is 0 Å². The van der Waals surface area contributed by atoms with E-state index in [-0.39, 0.29) is 5.91 Å². The lowest BCUT2D eigenvalue weighted by Crippen LogP contribution is -2.29. The summed E-state index contributed by atoms with van der Waals surface area (Å²) < 4.78 is 0.679. The van der Waals surface area contributed by atoms with E-state index < -0.39 is 0 Å². The Morgan fingerprint density at radius 3 is 2.78 bits per heavy atom. The van der Waals surface area contributed by atoms with Crippen LogP contribution in [0.5, 0.6) is 0 Å². The smallest absolute Gasteiger partial charge is 0.251 e. The Morgan fingerprint density at radius 2 is 2.17 bits per heavy atom. The second-order valence-corrected chi connectivity index (χ2v) is 4.82. The molecule has 0 bridgehead atoms. The molecule has 100 valence electrons. The van der Waals surface area contributed by atoms with Crippen molar-refractivity contribution in [1.29, 1.82) is 0 Å². The lowest BCUT2D eigenvalue weighted by molar-refractivity contribution is 0.0951. The monoisotopic (exact) mass is 313 g/mol. The van der Waals surface area contributed by atoms with Crippen LogP contribution in [0, 0.1) is 0 Å². The molecule has 0 radical (unpaired) electrons. The molecular formula is C13H20BrN3O. The van der Waals surface area contributed by atoms with Gasteiger partial charge >= 0.3 is 0 Å². The van der Waals surface area contributed by atoms with E-state index in [0.29, 0.717) is 16.7 Å². The van der Waals surface area contributed by atoms with Crippen LogP contribution in [0.15, 0.2) is 22.9 Å². The fourth-order valence-corrected chi connectivity index (χ4v) is 2.06. The molecule has 0 aliphatic heterocycles. The fourth-order valence-electron chi connectivity index (χ4n) is 1.69. The van der Waals surface area contributed by atoms with Gasteiger partial charge in [-0.2, -0.15) is 0 Å². The summed E-state index contributed by atoms with van der Waals surface area (Å²) in [6, 6.07) is 3.43. The highest BCUT2D eigenvalue weighted by Crippen LogP contribution is 2.07. The average molecular weight is 314 g/mol.